The Morgan fingerprint density at radius 2 is 1.87 bits per heavy atom. The Labute approximate surface area is 206 Å². The van der Waals surface area contributed by atoms with Crippen molar-refractivity contribution in [1.29, 1.82) is 0 Å². The van der Waals surface area contributed by atoms with E-state index in [0.717, 1.165) is 14.7 Å². The molecule has 0 fully saturated rings. The van der Waals surface area contributed by atoms with Gasteiger partial charge < -0.3 is 14.4 Å². The van der Waals surface area contributed by atoms with E-state index >= 15 is 0 Å². The first kappa shape index (κ1) is 25.8. The van der Waals surface area contributed by atoms with Gasteiger partial charge in [0.1, 0.15) is 6.61 Å². The van der Waals surface area contributed by atoms with Gasteiger partial charge >= 0.3 is 6.09 Å². The Hall–Kier alpha value is -1.45. The van der Waals surface area contributed by atoms with Crippen molar-refractivity contribution in [3.05, 3.63) is 69.3 Å². The molecule has 0 aliphatic heterocycles. The first-order valence-corrected chi connectivity index (χ1v) is 12.3. The molecule has 0 radical (unpaired) electrons. The van der Waals surface area contributed by atoms with Crippen LogP contribution < -0.4 is 0 Å². The molecule has 0 bridgehead atoms. The molecule has 31 heavy (non-hydrogen) atoms. The summed E-state index contributed by atoms with van der Waals surface area (Å²) in [7, 11) is 1.72. The number of benzene rings is 2. The van der Waals surface area contributed by atoms with Crippen LogP contribution in [0.15, 0.2) is 54.6 Å². The molecule has 2 aromatic carbocycles. The molecule has 0 N–H and O–H groups in total. The lowest BCUT2D eigenvalue weighted by Gasteiger charge is -2.29. The number of carbonyl (C=O) groups is 2. The predicted octanol–water partition coefficient (Wildman–Crippen LogP) is 5.43. The van der Waals surface area contributed by atoms with E-state index in [1.54, 1.807) is 11.9 Å². The molecule has 0 aliphatic carbocycles. The lowest BCUT2D eigenvalue weighted by Crippen LogP contribution is -2.39. The molecule has 7 heteroatoms. The minimum Gasteiger partial charge on any atom is -0.445 e. The zero-order valence-corrected chi connectivity index (χ0v) is 21.9. The summed E-state index contributed by atoms with van der Waals surface area (Å²) in [6.07, 6.45) is -0.367. The Bertz CT molecular complexity index is 864. The summed E-state index contributed by atoms with van der Waals surface area (Å²) < 4.78 is 12.4. The van der Waals surface area contributed by atoms with E-state index in [0.29, 0.717) is 13.2 Å². The molecule has 0 aromatic heterocycles. The van der Waals surface area contributed by atoms with Crippen molar-refractivity contribution in [1.82, 2.24) is 4.90 Å². The minimum atomic E-state index is -0.731. The van der Waals surface area contributed by atoms with Gasteiger partial charge in [-0.05, 0) is 58.7 Å². The number of nitrogens with zero attached hydrogens (tertiary/aromatic N) is 1. The van der Waals surface area contributed by atoms with Crippen molar-refractivity contribution >= 4 is 50.4 Å². The van der Waals surface area contributed by atoms with Crippen molar-refractivity contribution in [2.75, 3.05) is 32.1 Å². The smallest absolute Gasteiger partial charge is 0.409 e. The van der Waals surface area contributed by atoms with Gasteiger partial charge in [0.2, 0.25) is 0 Å². The number of halogens is 2. The zero-order chi connectivity index (χ0) is 22.9. The Balaban J connectivity index is 1.85. The second kappa shape index (κ2) is 12.6. The van der Waals surface area contributed by atoms with Gasteiger partial charge in [0.15, 0.2) is 5.78 Å². The lowest BCUT2D eigenvalue weighted by molar-refractivity contribution is -0.123. The fraction of sp³-hybridized carbons (Fsp3) is 0.417. The summed E-state index contributed by atoms with van der Waals surface area (Å²) in [6.45, 7) is 5.39. The third-order valence-electron chi connectivity index (χ3n) is 5.09. The number of carbonyl (C=O) groups excluding carboxylic acids is 2. The molecule has 2 aromatic rings. The minimum absolute atomic E-state index is 0.0729. The van der Waals surface area contributed by atoms with Gasteiger partial charge in [0.25, 0.3) is 0 Å². The van der Waals surface area contributed by atoms with Crippen LogP contribution in [0.25, 0.3) is 0 Å². The fourth-order valence-corrected chi connectivity index (χ4v) is 4.35. The highest BCUT2D eigenvalue weighted by molar-refractivity contribution is 14.1. The van der Waals surface area contributed by atoms with E-state index in [9.17, 15) is 9.59 Å². The molecule has 0 heterocycles. The third-order valence-corrected chi connectivity index (χ3v) is 6.27. The van der Waals surface area contributed by atoms with Gasteiger partial charge in [-0.25, -0.2) is 4.79 Å². The molecule has 0 saturated carbocycles. The van der Waals surface area contributed by atoms with E-state index in [2.05, 4.69) is 38.5 Å². The van der Waals surface area contributed by atoms with Crippen LogP contribution in [0.4, 0.5) is 4.79 Å². The van der Waals surface area contributed by atoms with Crippen molar-refractivity contribution in [2.24, 2.45) is 5.92 Å². The molecule has 0 spiro atoms. The van der Waals surface area contributed by atoms with Gasteiger partial charge in [-0.1, -0.05) is 65.3 Å². The van der Waals surface area contributed by atoms with Crippen molar-refractivity contribution in [3.63, 3.8) is 0 Å². The molecular formula is C24H29BrINO4. The molecule has 2 unspecified atom stereocenters. The standard InChI is InChI=1S/C24H29BrINO4/c1-18(14-27(3)23(29)31-16-19-8-5-4-6-9-19)15-30-17-24(2,22(28)13-25)20-10-7-11-21(26)12-20/h4-12,18H,13-17H2,1-3H3. The largest absolute Gasteiger partial charge is 0.445 e. The topological polar surface area (TPSA) is 55.8 Å². The number of ketones is 1. The van der Waals surface area contributed by atoms with Gasteiger partial charge in [0, 0.05) is 17.2 Å². The number of rotatable bonds is 11. The Morgan fingerprint density at radius 3 is 2.52 bits per heavy atom. The average Bonchev–Trinajstić information content (AvgIpc) is 2.77. The Kier molecular flexibility index (Phi) is 10.4. The maximum absolute atomic E-state index is 12.7. The Morgan fingerprint density at radius 1 is 1.16 bits per heavy atom. The SMILES string of the molecule is CC(COCC(C)(C(=O)CBr)c1cccc(I)c1)CN(C)C(=O)OCc1ccccc1. The molecule has 5 nitrogen and oxygen atoms in total. The second-order valence-electron chi connectivity index (χ2n) is 7.94. The van der Waals surface area contributed by atoms with Gasteiger partial charge in [0.05, 0.1) is 24.0 Å². The van der Waals surface area contributed by atoms with Crippen LogP contribution in [0, 0.1) is 9.49 Å². The van der Waals surface area contributed by atoms with Crippen LogP contribution in [0.2, 0.25) is 0 Å². The predicted molar refractivity (Wildman–Crippen MR) is 135 cm³/mol. The first-order valence-electron chi connectivity index (χ1n) is 10.1. The number of Topliss-reactive ketones (excluding diaryl/α,β-unsaturated/α-hetero) is 1. The number of ether oxygens (including phenoxy) is 2. The van der Waals surface area contributed by atoms with E-state index in [-0.39, 0.29) is 36.3 Å². The highest BCUT2D eigenvalue weighted by atomic mass is 127. The van der Waals surface area contributed by atoms with Crippen molar-refractivity contribution in [3.8, 4) is 0 Å². The molecule has 0 aliphatic rings. The van der Waals surface area contributed by atoms with E-state index in [4.69, 9.17) is 9.47 Å². The number of amides is 1. The molecule has 2 atom stereocenters. The van der Waals surface area contributed by atoms with Crippen molar-refractivity contribution in [2.45, 2.75) is 25.9 Å². The summed E-state index contributed by atoms with van der Waals surface area (Å²) in [4.78, 5) is 26.5. The summed E-state index contributed by atoms with van der Waals surface area (Å²) in [6, 6.07) is 17.5. The molecule has 0 saturated heterocycles. The second-order valence-corrected chi connectivity index (χ2v) is 9.75. The molecule has 2 rings (SSSR count). The first-order chi connectivity index (χ1) is 14.8. The normalized spacial score (nSPS) is 13.8. The number of hydrogen-bond donors (Lipinski definition) is 0. The van der Waals surface area contributed by atoms with Gasteiger partial charge in [-0.15, -0.1) is 0 Å². The van der Waals surface area contributed by atoms with Crippen LogP contribution in [-0.4, -0.2) is 48.9 Å². The van der Waals surface area contributed by atoms with Gasteiger partial charge in [-0.3, -0.25) is 4.79 Å². The van der Waals surface area contributed by atoms with Crippen LogP contribution in [-0.2, 0) is 26.3 Å². The molecule has 1 amide bonds. The highest BCUT2D eigenvalue weighted by Gasteiger charge is 2.35. The van der Waals surface area contributed by atoms with Crippen LogP contribution >= 0.6 is 38.5 Å². The van der Waals surface area contributed by atoms with Crippen molar-refractivity contribution < 1.29 is 19.1 Å². The van der Waals surface area contributed by atoms with Crippen LogP contribution in [0.5, 0.6) is 0 Å². The maximum Gasteiger partial charge on any atom is 0.409 e. The lowest BCUT2D eigenvalue weighted by atomic mass is 9.80. The monoisotopic (exact) mass is 601 g/mol. The highest BCUT2D eigenvalue weighted by Crippen LogP contribution is 2.28. The molecule has 168 valence electrons. The number of alkyl halides is 1. The average molecular weight is 602 g/mol. The van der Waals surface area contributed by atoms with Crippen LogP contribution in [0.3, 0.4) is 0 Å². The summed E-state index contributed by atoms with van der Waals surface area (Å²) in [5.41, 5.74) is 1.16. The van der Waals surface area contributed by atoms with E-state index in [1.165, 1.54) is 0 Å². The quantitative estimate of drug-likeness (QED) is 0.254. The van der Waals surface area contributed by atoms with Crippen LogP contribution in [0.1, 0.15) is 25.0 Å². The maximum atomic E-state index is 12.7. The van der Waals surface area contributed by atoms with E-state index < -0.39 is 5.41 Å². The molecular weight excluding hydrogens is 573 g/mol. The van der Waals surface area contributed by atoms with E-state index in [1.807, 2.05) is 68.4 Å². The zero-order valence-electron chi connectivity index (χ0n) is 18.1. The fourth-order valence-electron chi connectivity index (χ4n) is 3.19. The number of hydrogen-bond acceptors (Lipinski definition) is 4. The summed E-state index contributed by atoms with van der Waals surface area (Å²) in [5, 5.41) is 0.268. The third kappa shape index (κ3) is 7.88. The summed E-state index contributed by atoms with van der Waals surface area (Å²) in [5.74, 6) is 0.164. The van der Waals surface area contributed by atoms with Gasteiger partial charge in [-0.2, -0.15) is 0 Å². The summed E-state index contributed by atoms with van der Waals surface area (Å²) >= 11 is 5.55.